The molecule has 3 heterocycles. The molecule has 6 nitrogen and oxygen atoms in total. The number of likely N-dealkylation sites (tertiary alicyclic amines) is 2. The van der Waals surface area contributed by atoms with Crippen LogP contribution in [0.3, 0.4) is 0 Å². The van der Waals surface area contributed by atoms with Gasteiger partial charge in [0.2, 0.25) is 5.91 Å². The maximum Gasteiger partial charge on any atom is 0.274 e. The van der Waals surface area contributed by atoms with Crippen LogP contribution < -0.4 is 0 Å². The molecule has 1 aromatic carbocycles. The summed E-state index contributed by atoms with van der Waals surface area (Å²) in [4.78, 5) is 38.6. The lowest BCUT2D eigenvalue weighted by Crippen LogP contribution is -2.39. The van der Waals surface area contributed by atoms with Crippen molar-refractivity contribution in [2.24, 2.45) is 23.7 Å². The molecule has 4 atom stereocenters. The van der Waals surface area contributed by atoms with Gasteiger partial charge in [-0.05, 0) is 67.8 Å². The van der Waals surface area contributed by atoms with Gasteiger partial charge in [0.25, 0.3) is 5.91 Å². The van der Waals surface area contributed by atoms with Gasteiger partial charge in [-0.2, -0.15) is 0 Å². The van der Waals surface area contributed by atoms with Gasteiger partial charge < -0.3 is 9.80 Å². The van der Waals surface area contributed by atoms with Crippen LogP contribution in [0.4, 0.5) is 0 Å². The van der Waals surface area contributed by atoms with E-state index >= 15 is 0 Å². The van der Waals surface area contributed by atoms with Gasteiger partial charge in [0, 0.05) is 45.5 Å². The summed E-state index contributed by atoms with van der Waals surface area (Å²) in [5.74, 6) is 2.30. The molecule has 1 aliphatic carbocycles. The highest BCUT2D eigenvalue weighted by molar-refractivity contribution is 5.93. The first-order valence-electron chi connectivity index (χ1n) is 13.0. The first-order valence-corrected chi connectivity index (χ1v) is 13.0. The summed E-state index contributed by atoms with van der Waals surface area (Å²) in [5.41, 5.74) is 2.71. The number of fused-ring (bicyclic) bond motifs is 1. The van der Waals surface area contributed by atoms with E-state index in [0.29, 0.717) is 35.8 Å². The number of aromatic nitrogens is 2. The van der Waals surface area contributed by atoms with Crippen molar-refractivity contribution in [1.29, 1.82) is 0 Å². The van der Waals surface area contributed by atoms with E-state index < -0.39 is 0 Å². The summed E-state index contributed by atoms with van der Waals surface area (Å²) in [7, 11) is 0. The monoisotopic (exact) mass is 460 g/mol. The Labute approximate surface area is 202 Å². The Balaban J connectivity index is 1.27. The van der Waals surface area contributed by atoms with Crippen molar-refractivity contribution >= 4 is 11.8 Å². The normalized spacial score (nSPS) is 26.9. The lowest BCUT2D eigenvalue weighted by Gasteiger charge is -2.33. The van der Waals surface area contributed by atoms with Gasteiger partial charge >= 0.3 is 0 Å². The zero-order chi connectivity index (χ0) is 23.5. The van der Waals surface area contributed by atoms with E-state index in [1.165, 1.54) is 24.8 Å². The molecule has 6 heteroatoms. The molecule has 1 saturated carbocycles. The summed E-state index contributed by atoms with van der Waals surface area (Å²) in [6.45, 7) is 4.88. The van der Waals surface area contributed by atoms with Crippen LogP contribution in [0.2, 0.25) is 0 Å². The number of hydrogen-bond donors (Lipinski definition) is 0. The summed E-state index contributed by atoms with van der Waals surface area (Å²) in [6.07, 6.45) is 10.9. The molecular weight excluding hydrogens is 424 g/mol. The molecule has 0 bridgehead atoms. The van der Waals surface area contributed by atoms with Crippen molar-refractivity contribution in [1.82, 2.24) is 19.8 Å². The van der Waals surface area contributed by atoms with E-state index in [9.17, 15) is 9.59 Å². The third-order valence-corrected chi connectivity index (χ3v) is 8.30. The maximum absolute atomic E-state index is 13.6. The first-order chi connectivity index (χ1) is 16.6. The van der Waals surface area contributed by atoms with Crippen LogP contribution >= 0.6 is 0 Å². The van der Waals surface area contributed by atoms with Gasteiger partial charge in [0.1, 0.15) is 5.69 Å². The second-order valence-electron chi connectivity index (χ2n) is 10.5. The zero-order valence-corrected chi connectivity index (χ0v) is 20.2. The van der Waals surface area contributed by atoms with Crippen LogP contribution in [0.15, 0.2) is 42.7 Å². The van der Waals surface area contributed by atoms with E-state index in [-0.39, 0.29) is 11.8 Å². The molecule has 0 N–H and O–H groups in total. The van der Waals surface area contributed by atoms with Crippen molar-refractivity contribution in [2.45, 2.75) is 51.9 Å². The van der Waals surface area contributed by atoms with Crippen LogP contribution in [0.5, 0.6) is 0 Å². The van der Waals surface area contributed by atoms with Crippen LogP contribution in [-0.2, 0) is 17.6 Å². The van der Waals surface area contributed by atoms with Crippen LogP contribution in [0, 0.1) is 23.7 Å². The second kappa shape index (κ2) is 10.2. The average Bonchev–Trinajstić information content (AvgIpc) is 3.30. The third-order valence-electron chi connectivity index (χ3n) is 8.30. The molecule has 0 spiro atoms. The number of rotatable bonds is 5. The van der Waals surface area contributed by atoms with Gasteiger partial charge in [-0.3, -0.25) is 14.6 Å². The molecule has 180 valence electrons. The molecule has 34 heavy (non-hydrogen) atoms. The van der Waals surface area contributed by atoms with Gasteiger partial charge in [-0.25, -0.2) is 4.98 Å². The van der Waals surface area contributed by atoms with E-state index in [1.807, 2.05) is 4.90 Å². The van der Waals surface area contributed by atoms with Gasteiger partial charge in [0.05, 0.1) is 5.69 Å². The Morgan fingerprint density at radius 2 is 1.74 bits per heavy atom. The number of hydrogen-bond acceptors (Lipinski definition) is 4. The highest BCUT2D eigenvalue weighted by atomic mass is 16.2. The summed E-state index contributed by atoms with van der Waals surface area (Å²) < 4.78 is 0. The van der Waals surface area contributed by atoms with Crippen LogP contribution in [0.25, 0.3) is 0 Å². The zero-order valence-electron chi connectivity index (χ0n) is 20.2. The third kappa shape index (κ3) is 5.01. The smallest absolute Gasteiger partial charge is 0.274 e. The Hall–Kier alpha value is -2.76. The predicted molar refractivity (Wildman–Crippen MR) is 131 cm³/mol. The quantitative estimate of drug-likeness (QED) is 0.676. The van der Waals surface area contributed by atoms with E-state index in [0.717, 1.165) is 51.1 Å². The maximum atomic E-state index is 13.6. The topological polar surface area (TPSA) is 66.4 Å². The number of benzene rings is 1. The minimum absolute atomic E-state index is 0.0372. The Morgan fingerprint density at radius 1 is 0.912 bits per heavy atom. The number of carbonyl (C=O) groups excluding carboxylic acids is 2. The molecule has 2 aliphatic heterocycles. The largest absolute Gasteiger partial charge is 0.343 e. The summed E-state index contributed by atoms with van der Waals surface area (Å²) >= 11 is 0. The van der Waals surface area contributed by atoms with Crippen molar-refractivity contribution in [3.63, 3.8) is 0 Å². The fourth-order valence-corrected chi connectivity index (χ4v) is 6.56. The second-order valence-corrected chi connectivity index (χ2v) is 10.5. The summed E-state index contributed by atoms with van der Waals surface area (Å²) in [5, 5.41) is 0. The van der Waals surface area contributed by atoms with Crippen molar-refractivity contribution < 1.29 is 9.59 Å². The van der Waals surface area contributed by atoms with Gasteiger partial charge in [-0.1, -0.05) is 36.8 Å². The van der Waals surface area contributed by atoms with Gasteiger partial charge in [-0.15, -0.1) is 0 Å². The standard InChI is InChI=1S/C28H36N4O2/c1-20(33)31-14-6-9-22(17-31)16-26-27(30-13-12-29-26)28(34)32-18-24-11-5-10-23(25(24)19-32)15-21-7-3-2-4-8-21/h2-4,7-8,12-13,22-25H,5-6,9-11,14-19H2,1H3/t22-,23+,24+,25+/m0/s1. The minimum Gasteiger partial charge on any atom is -0.343 e. The molecule has 0 unspecified atom stereocenters. The lowest BCUT2D eigenvalue weighted by atomic mass is 9.72. The van der Waals surface area contributed by atoms with E-state index in [1.54, 1.807) is 19.3 Å². The molecule has 5 rings (SSSR count). The number of piperidine rings is 1. The van der Waals surface area contributed by atoms with Gasteiger partial charge in [0.15, 0.2) is 0 Å². The van der Waals surface area contributed by atoms with Crippen molar-refractivity contribution in [3.05, 3.63) is 59.7 Å². The number of amides is 2. The molecule has 1 aromatic heterocycles. The SMILES string of the molecule is CC(=O)N1CCC[C@@H](Cc2nccnc2C(=O)N2C[C@H]3CCC[C@H](Cc4ccccc4)[C@H]3C2)C1. The average molecular weight is 461 g/mol. The first kappa shape index (κ1) is 23.0. The lowest BCUT2D eigenvalue weighted by molar-refractivity contribution is -0.130. The fraction of sp³-hybridized carbons (Fsp3) is 0.571. The molecule has 0 radical (unpaired) electrons. The van der Waals surface area contributed by atoms with Crippen LogP contribution in [-0.4, -0.2) is 57.8 Å². The fourth-order valence-electron chi connectivity index (χ4n) is 6.56. The highest BCUT2D eigenvalue weighted by Gasteiger charge is 2.42. The molecule has 2 saturated heterocycles. The Morgan fingerprint density at radius 3 is 2.56 bits per heavy atom. The van der Waals surface area contributed by atoms with Crippen molar-refractivity contribution in [3.8, 4) is 0 Å². The highest BCUT2D eigenvalue weighted by Crippen LogP contribution is 2.42. The number of nitrogens with zero attached hydrogens (tertiary/aromatic N) is 4. The minimum atomic E-state index is 0.0372. The molecule has 3 fully saturated rings. The van der Waals surface area contributed by atoms with Crippen LogP contribution in [0.1, 0.15) is 60.8 Å². The number of carbonyl (C=O) groups is 2. The molecule has 2 amide bonds. The molecule has 3 aliphatic rings. The molecule has 2 aromatic rings. The van der Waals surface area contributed by atoms with E-state index in [2.05, 4.69) is 45.2 Å². The van der Waals surface area contributed by atoms with E-state index in [4.69, 9.17) is 0 Å². The Kier molecular flexibility index (Phi) is 6.93. The Bertz CT molecular complexity index is 1010. The molecular formula is C28H36N4O2. The predicted octanol–water partition coefficient (Wildman–Crippen LogP) is 4.01. The summed E-state index contributed by atoms with van der Waals surface area (Å²) in [6, 6.07) is 10.8. The van der Waals surface area contributed by atoms with Crippen molar-refractivity contribution in [2.75, 3.05) is 26.2 Å².